The number of pyridine rings is 1. The third kappa shape index (κ3) is 4.27. The van der Waals surface area contributed by atoms with E-state index in [1.165, 1.54) is 16.5 Å². The summed E-state index contributed by atoms with van der Waals surface area (Å²) in [4.78, 5) is 16.3. The van der Waals surface area contributed by atoms with Gasteiger partial charge in [-0.2, -0.15) is 0 Å². The third-order valence-corrected chi connectivity index (χ3v) is 4.42. The highest BCUT2D eigenvalue weighted by molar-refractivity contribution is 5.84. The smallest absolute Gasteiger partial charge is 0.220 e. The number of nitrogens with one attached hydrogen (secondary N) is 1. The molecule has 0 aliphatic carbocycles. The molecule has 25 heavy (non-hydrogen) atoms. The van der Waals surface area contributed by atoms with Crippen molar-refractivity contribution in [2.45, 2.75) is 45.7 Å². The highest BCUT2D eigenvalue weighted by Crippen LogP contribution is 2.25. The average molecular weight is 335 g/mol. The number of hydrogen-bond donors (Lipinski definition) is 1. The quantitative estimate of drug-likeness (QED) is 0.701. The average Bonchev–Trinajstić information content (AvgIpc) is 3.00. The molecule has 0 radical (unpaired) electrons. The van der Waals surface area contributed by atoms with Crippen LogP contribution in [0.5, 0.6) is 0 Å². The van der Waals surface area contributed by atoms with Crippen LogP contribution in [0, 0.1) is 0 Å². The Morgan fingerprint density at radius 3 is 2.72 bits per heavy atom. The fourth-order valence-corrected chi connectivity index (χ4v) is 3.12. The predicted octanol–water partition coefficient (Wildman–Crippen LogP) is 4.26. The zero-order chi connectivity index (χ0) is 17.6. The molecular formula is C21H25N3O. The number of carbonyl (C=O) groups is 1. The number of hydrogen-bond acceptors (Lipinski definition) is 2. The Labute approximate surface area is 148 Å². The van der Waals surface area contributed by atoms with Crippen molar-refractivity contribution in [2.75, 3.05) is 0 Å². The maximum Gasteiger partial charge on any atom is 0.220 e. The summed E-state index contributed by atoms with van der Waals surface area (Å²) in [6, 6.07) is 14.6. The van der Waals surface area contributed by atoms with Crippen LogP contribution in [0.15, 0.2) is 54.9 Å². The lowest BCUT2D eigenvalue weighted by Gasteiger charge is -2.08. The first-order chi connectivity index (χ1) is 12.1. The van der Waals surface area contributed by atoms with Crippen LogP contribution in [0.4, 0.5) is 0 Å². The van der Waals surface area contributed by atoms with Gasteiger partial charge in [0.1, 0.15) is 0 Å². The standard InChI is InChI=1S/C21H25N3O/c1-16(2)24-15-17(19-10-3-4-11-20(19)24)8-7-12-21(25)23-14-18-9-5-6-13-22-18/h3-6,9-11,13,15-16H,7-8,12,14H2,1-2H3,(H,23,25). The molecule has 0 atom stereocenters. The molecule has 1 aromatic carbocycles. The Morgan fingerprint density at radius 2 is 1.96 bits per heavy atom. The molecule has 0 saturated heterocycles. The maximum atomic E-state index is 12.0. The molecule has 3 rings (SSSR count). The summed E-state index contributed by atoms with van der Waals surface area (Å²) >= 11 is 0. The molecule has 130 valence electrons. The monoisotopic (exact) mass is 335 g/mol. The number of carbonyl (C=O) groups excluding carboxylic acids is 1. The normalized spacial score (nSPS) is 11.2. The predicted molar refractivity (Wildman–Crippen MR) is 101 cm³/mol. The molecule has 4 heteroatoms. The second-order valence-electron chi connectivity index (χ2n) is 6.62. The lowest BCUT2D eigenvalue weighted by Crippen LogP contribution is -2.22. The largest absolute Gasteiger partial charge is 0.350 e. The van der Waals surface area contributed by atoms with Crippen LogP contribution in [-0.4, -0.2) is 15.5 Å². The van der Waals surface area contributed by atoms with Gasteiger partial charge in [0.15, 0.2) is 0 Å². The van der Waals surface area contributed by atoms with E-state index in [9.17, 15) is 4.79 Å². The Kier molecular flexibility index (Phi) is 5.49. The van der Waals surface area contributed by atoms with E-state index in [0.29, 0.717) is 19.0 Å². The lowest BCUT2D eigenvalue weighted by atomic mass is 10.1. The number of fused-ring (bicyclic) bond motifs is 1. The summed E-state index contributed by atoms with van der Waals surface area (Å²) in [7, 11) is 0. The van der Waals surface area contributed by atoms with Crippen molar-refractivity contribution in [2.24, 2.45) is 0 Å². The summed E-state index contributed by atoms with van der Waals surface area (Å²) in [6.45, 7) is 4.88. The molecule has 0 spiro atoms. The van der Waals surface area contributed by atoms with E-state index in [0.717, 1.165) is 18.5 Å². The molecule has 0 aliphatic rings. The number of nitrogens with zero attached hydrogens (tertiary/aromatic N) is 2. The molecule has 2 heterocycles. The minimum Gasteiger partial charge on any atom is -0.350 e. The fourth-order valence-electron chi connectivity index (χ4n) is 3.12. The first kappa shape index (κ1) is 17.2. The summed E-state index contributed by atoms with van der Waals surface area (Å²) < 4.78 is 2.31. The summed E-state index contributed by atoms with van der Waals surface area (Å²) in [6.07, 6.45) is 6.28. The maximum absolute atomic E-state index is 12.0. The number of benzene rings is 1. The van der Waals surface area contributed by atoms with E-state index >= 15 is 0 Å². The van der Waals surface area contributed by atoms with E-state index in [1.54, 1.807) is 6.20 Å². The van der Waals surface area contributed by atoms with Gasteiger partial charge in [-0.05, 0) is 50.5 Å². The van der Waals surface area contributed by atoms with Gasteiger partial charge in [0, 0.05) is 35.8 Å². The van der Waals surface area contributed by atoms with Crippen LogP contribution in [0.25, 0.3) is 10.9 Å². The van der Waals surface area contributed by atoms with Gasteiger partial charge < -0.3 is 9.88 Å². The third-order valence-electron chi connectivity index (χ3n) is 4.42. The Bertz CT molecular complexity index is 837. The molecule has 1 amide bonds. The number of rotatable bonds is 7. The van der Waals surface area contributed by atoms with E-state index in [4.69, 9.17) is 0 Å². The van der Waals surface area contributed by atoms with E-state index in [2.05, 4.69) is 59.2 Å². The van der Waals surface area contributed by atoms with E-state index < -0.39 is 0 Å². The van der Waals surface area contributed by atoms with E-state index in [-0.39, 0.29) is 5.91 Å². The van der Waals surface area contributed by atoms with Gasteiger partial charge in [-0.1, -0.05) is 24.3 Å². The molecule has 1 N–H and O–H groups in total. The van der Waals surface area contributed by atoms with Crippen LogP contribution in [0.3, 0.4) is 0 Å². The summed E-state index contributed by atoms with van der Waals surface area (Å²) in [5, 5.41) is 4.24. The van der Waals surface area contributed by atoms with Crippen molar-refractivity contribution in [3.63, 3.8) is 0 Å². The van der Waals surface area contributed by atoms with Crippen molar-refractivity contribution < 1.29 is 4.79 Å². The molecule has 0 saturated carbocycles. The van der Waals surface area contributed by atoms with Gasteiger partial charge in [0.2, 0.25) is 5.91 Å². The highest BCUT2D eigenvalue weighted by Gasteiger charge is 2.10. The second-order valence-corrected chi connectivity index (χ2v) is 6.62. The van der Waals surface area contributed by atoms with Crippen molar-refractivity contribution in [3.8, 4) is 0 Å². The van der Waals surface area contributed by atoms with E-state index in [1.807, 2.05) is 18.2 Å². The van der Waals surface area contributed by atoms with Crippen molar-refractivity contribution in [1.29, 1.82) is 0 Å². The summed E-state index contributed by atoms with van der Waals surface area (Å²) in [5.74, 6) is 0.0817. The molecular weight excluding hydrogens is 310 g/mol. The highest BCUT2D eigenvalue weighted by atomic mass is 16.1. The van der Waals surface area contributed by atoms with Crippen LogP contribution >= 0.6 is 0 Å². The van der Waals surface area contributed by atoms with Gasteiger partial charge in [-0.15, -0.1) is 0 Å². The Balaban J connectivity index is 1.55. The van der Waals surface area contributed by atoms with Crippen LogP contribution in [0.2, 0.25) is 0 Å². The molecule has 3 aromatic rings. The van der Waals surface area contributed by atoms with Crippen LogP contribution in [0.1, 0.15) is 44.0 Å². The molecule has 0 bridgehead atoms. The van der Waals surface area contributed by atoms with Crippen molar-refractivity contribution in [1.82, 2.24) is 14.9 Å². The number of aryl methyl sites for hydroxylation is 1. The SMILES string of the molecule is CC(C)n1cc(CCCC(=O)NCc2ccccn2)c2ccccc21. The molecule has 4 nitrogen and oxygen atoms in total. The van der Waals surface area contributed by atoms with Crippen LogP contribution in [-0.2, 0) is 17.8 Å². The van der Waals surface area contributed by atoms with Crippen LogP contribution < -0.4 is 5.32 Å². The minimum absolute atomic E-state index is 0.0817. The minimum atomic E-state index is 0.0817. The zero-order valence-electron chi connectivity index (χ0n) is 14.9. The first-order valence-corrected chi connectivity index (χ1v) is 8.90. The first-order valence-electron chi connectivity index (χ1n) is 8.90. The van der Waals surface area contributed by atoms with Gasteiger partial charge in [-0.25, -0.2) is 0 Å². The fraction of sp³-hybridized carbons (Fsp3) is 0.333. The second kappa shape index (κ2) is 7.97. The number of aromatic nitrogens is 2. The molecule has 2 aromatic heterocycles. The van der Waals surface area contributed by atoms with Crippen molar-refractivity contribution in [3.05, 3.63) is 66.1 Å². The Morgan fingerprint density at radius 1 is 1.16 bits per heavy atom. The summed E-state index contributed by atoms with van der Waals surface area (Å²) in [5.41, 5.74) is 3.48. The number of para-hydroxylation sites is 1. The topological polar surface area (TPSA) is 46.9 Å². The van der Waals surface area contributed by atoms with Gasteiger partial charge in [0.25, 0.3) is 0 Å². The van der Waals surface area contributed by atoms with Gasteiger partial charge in [-0.3, -0.25) is 9.78 Å². The number of amides is 1. The van der Waals surface area contributed by atoms with Gasteiger partial charge in [0.05, 0.1) is 12.2 Å². The molecule has 0 fully saturated rings. The zero-order valence-corrected chi connectivity index (χ0v) is 14.9. The lowest BCUT2D eigenvalue weighted by molar-refractivity contribution is -0.121. The molecule has 0 aliphatic heterocycles. The van der Waals surface area contributed by atoms with Crippen molar-refractivity contribution >= 4 is 16.8 Å². The molecule has 0 unspecified atom stereocenters. The Hall–Kier alpha value is -2.62. The van der Waals surface area contributed by atoms with Gasteiger partial charge >= 0.3 is 0 Å².